The zero-order valence-corrected chi connectivity index (χ0v) is 11.0. The molecule has 2 aromatic carbocycles. The molecule has 1 heterocycles. The van der Waals surface area contributed by atoms with E-state index in [2.05, 4.69) is 5.32 Å². The Morgan fingerprint density at radius 3 is 2.55 bits per heavy atom. The average Bonchev–Trinajstić information content (AvgIpc) is 2.87. The number of hydrogen-bond acceptors (Lipinski definition) is 5. The first-order valence-electron chi connectivity index (χ1n) is 6.28. The lowest BCUT2D eigenvalue weighted by Crippen LogP contribution is -2.00. The van der Waals surface area contributed by atoms with Gasteiger partial charge < -0.3 is 25.0 Å². The molecule has 20 heavy (non-hydrogen) atoms. The maximum atomic E-state index is 9.93. The molecule has 0 aliphatic carbocycles. The minimum atomic E-state index is 0.151. The molecule has 104 valence electrons. The molecule has 0 unspecified atom stereocenters. The topological polar surface area (TPSA) is 71.0 Å². The number of phenolic OH excluding ortho intramolecular Hbond substituents is 2. The molecular weight excluding hydrogens is 258 g/mol. The number of rotatable bonds is 3. The van der Waals surface area contributed by atoms with Crippen molar-refractivity contribution in [1.82, 2.24) is 0 Å². The summed E-state index contributed by atoms with van der Waals surface area (Å²) in [6.45, 7) is 2.44. The molecule has 0 atom stereocenters. The van der Waals surface area contributed by atoms with Crippen LogP contribution in [0.5, 0.6) is 23.0 Å². The summed E-state index contributed by atoms with van der Waals surface area (Å²) < 4.78 is 10.5. The van der Waals surface area contributed by atoms with Crippen LogP contribution in [0.15, 0.2) is 30.3 Å². The second-order valence-corrected chi connectivity index (χ2v) is 4.69. The normalized spacial score (nSPS) is 12.4. The Morgan fingerprint density at radius 1 is 1.05 bits per heavy atom. The fraction of sp³-hybridized carbons (Fsp3) is 0.200. The van der Waals surface area contributed by atoms with Gasteiger partial charge in [-0.25, -0.2) is 0 Å². The number of ether oxygens (including phenoxy) is 2. The van der Waals surface area contributed by atoms with Gasteiger partial charge in [0.15, 0.2) is 11.5 Å². The third-order valence-corrected chi connectivity index (χ3v) is 3.27. The molecule has 5 heteroatoms. The third-order valence-electron chi connectivity index (χ3n) is 3.27. The molecular formula is C15H15NO4. The summed E-state index contributed by atoms with van der Waals surface area (Å²) in [5, 5.41) is 22.7. The van der Waals surface area contributed by atoms with E-state index in [1.54, 1.807) is 18.2 Å². The van der Waals surface area contributed by atoms with Gasteiger partial charge in [0, 0.05) is 29.9 Å². The summed E-state index contributed by atoms with van der Waals surface area (Å²) in [5.74, 6) is 1.58. The lowest BCUT2D eigenvalue weighted by atomic mass is 10.1. The van der Waals surface area contributed by atoms with Crippen molar-refractivity contribution in [3.05, 3.63) is 41.5 Å². The third kappa shape index (κ3) is 2.30. The molecule has 0 saturated carbocycles. The summed E-state index contributed by atoms with van der Waals surface area (Å²) in [6.07, 6.45) is 0. The van der Waals surface area contributed by atoms with Gasteiger partial charge >= 0.3 is 0 Å². The Kier molecular flexibility index (Phi) is 3.02. The molecule has 0 radical (unpaired) electrons. The van der Waals surface area contributed by atoms with Crippen LogP contribution in [0.4, 0.5) is 5.69 Å². The number of fused-ring (bicyclic) bond motifs is 1. The molecule has 0 bridgehead atoms. The van der Waals surface area contributed by atoms with E-state index in [1.807, 2.05) is 19.1 Å². The van der Waals surface area contributed by atoms with E-state index >= 15 is 0 Å². The molecule has 0 aromatic heterocycles. The van der Waals surface area contributed by atoms with Crippen molar-refractivity contribution < 1.29 is 19.7 Å². The monoisotopic (exact) mass is 273 g/mol. The number of hydrogen-bond donors (Lipinski definition) is 3. The highest BCUT2D eigenvalue weighted by Gasteiger charge is 2.16. The number of anilines is 1. The molecule has 0 amide bonds. The number of aryl methyl sites for hydroxylation is 1. The number of phenols is 2. The Balaban J connectivity index is 1.76. The zero-order valence-electron chi connectivity index (χ0n) is 11.0. The molecule has 3 N–H and O–H groups in total. The number of aromatic hydroxyl groups is 2. The largest absolute Gasteiger partial charge is 0.508 e. The van der Waals surface area contributed by atoms with Crippen molar-refractivity contribution in [2.24, 2.45) is 0 Å². The Labute approximate surface area is 116 Å². The SMILES string of the molecule is Cc1ccc(NCc2cc3c(cc2O)OCO3)cc1O. The van der Waals surface area contributed by atoms with Crippen LogP contribution in [0, 0.1) is 6.92 Å². The van der Waals surface area contributed by atoms with Crippen LogP contribution in [-0.2, 0) is 6.54 Å². The molecule has 2 aromatic rings. The van der Waals surface area contributed by atoms with E-state index in [1.165, 1.54) is 0 Å². The maximum absolute atomic E-state index is 9.93. The van der Waals surface area contributed by atoms with E-state index in [-0.39, 0.29) is 18.3 Å². The summed E-state index contributed by atoms with van der Waals surface area (Å²) in [4.78, 5) is 0. The number of nitrogens with one attached hydrogen (secondary N) is 1. The molecule has 3 rings (SSSR count). The Bertz CT molecular complexity index is 655. The van der Waals surface area contributed by atoms with E-state index in [0.29, 0.717) is 23.6 Å². The predicted molar refractivity (Wildman–Crippen MR) is 74.4 cm³/mol. The fourth-order valence-electron chi connectivity index (χ4n) is 2.03. The van der Waals surface area contributed by atoms with Crippen molar-refractivity contribution in [2.75, 3.05) is 12.1 Å². The smallest absolute Gasteiger partial charge is 0.231 e. The first-order valence-corrected chi connectivity index (χ1v) is 6.28. The second kappa shape index (κ2) is 4.85. The van der Waals surface area contributed by atoms with Gasteiger partial charge in [0.1, 0.15) is 11.5 Å². The molecule has 1 aliphatic rings. The Hall–Kier alpha value is -2.56. The highest BCUT2D eigenvalue weighted by Crippen LogP contribution is 2.37. The average molecular weight is 273 g/mol. The molecule has 0 fully saturated rings. The van der Waals surface area contributed by atoms with Crippen LogP contribution in [0.3, 0.4) is 0 Å². The van der Waals surface area contributed by atoms with Gasteiger partial charge in [-0.05, 0) is 24.6 Å². The van der Waals surface area contributed by atoms with Crippen LogP contribution < -0.4 is 14.8 Å². The first-order chi connectivity index (χ1) is 9.63. The highest BCUT2D eigenvalue weighted by atomic mass is 16.7. The van der Waals surface area contributed by atoms with E-state index in [4.69, 9.17) is 9.47 Å². The van der Waals surface area contributed by atoms with E-state index in [0.717, 1.165) is 11.3 Å². The summed E-state index contributed by atoms with van der Waals surface area (Å²) >= 11 is 0. The van der Waals surface area contributed by atoms with Crippen molar-refractivity contribution >= 4 is 5.69 Å². The summed E-state index contributed by atoms with van der Waals surface area (Å²) in [5.41, 5.74) is 2.31. The van der Waals surface area contributed by atoms with E-state index in [9.17, 15) is 10.2 Å². The van der Waals surface area contributed by atoms with Gasteiger partial charge in [-0.3, -0.25) is 0 Å². The highest BCUT2D eigenvalue weighted by molar-refractivity contribution is 5.54. The van der Waals surface area contributed by atoms with Crippen molar-refractivity contribution in [3.63, 3.8) is 0 Å². The molecule has 5 nitrogen and oxygen atoms in total. The maximum Gasteiger partial charge on any atom is 0.231 e. The quantitative estimate of drug-likeness (QED) is 0.802. The van der Waals surface area contributed by atoms with Crippen LogP contribution >= 0.6 is 0 Å². The lowest BCUT2D eigenvalue weighted by Gasteiger charge is -2.10. The van der Waals surface area contributed by atoms with Crippen molar-refractivity contribution in [1.29, 1.82) is 0 Å². The minimum absolute atomic E-state index is 0.151. The van der Waals surface area contributed by atoms with Gasteiger partial charge in [0.2, 0.25) is 6.79 Å². The zero-order chi connectivity index (χ0) is 14.1. The van der Waals surface area contributed by atoms with Crippen LogP contribution in [0.1, 0.15) is 11.1 Å². The number of benzene rings is 2. The van der Waals surface area contributed by atoms with Crippen LogP contribution in [0.25, 0.3) is 0 Å². The standard InChI is InChI=1S/C15H15NO4/c1-9-2-3-11(5-12(9)17)16-7-10-4-14-15(6-13(10)18)20-8-19-14/h2-6,16-18H,7-8H2,1H3. The summed E-state index contributed by atoms with van der Waals surface area (Å²) in [7, 11) is 0. The fourth-order valence-corrected chi connectivity index (χ4v) is 2.03. The molecule has 0 saturated heterocycles. The minimum Gasteiger partial charge on any atom is -0.508 e. The van der Waals surface area contributed by atoms with Crippen molar-refractivity contribution in [3.8, 4) is 23.0 Å². The van der Waals surface area contributed by atoms with Gasteiger partial charge in [0.05, 0.1) is 0 Å². The summed E-state index contributed by atoms with van der Waals surface area (Å²) in [6, 6.07) is 8.65. The van der Waals surface area contributed by atoms with Gasteiger partial charge in [-0.1, -0.05) is 6.07 Å². The lowest BCUT2D eigenvalue weighted by molar-refractivity contribution is 0.174. The predicted octanol–water partition coefficient (Wildman–Crippen LogP) is 2.75. The van der Waals surface area contributed by atoms with Gasteiger partial charge in [-0.15, -0.1) is 0 Å². The molecule has 1 aliphatic heterocycles. The second-order valence-electron chi connectivity index (χ2n) is 4.69. The van der Waals surface area contributed by atoms with Gasteiger partial charge in [-0.2, -0.15) is 0 Å². The van der Waals surface area contributed by atoms with Crippen molar-refractivity contribution in [2.45, 2.75) is 13.5 Å². The molecule has 0 spiro atoms. The van der Waals surface area contributed by atoms with Gasteiger partial charge in [0.25, 0.3) is 0 Å². The van der Waals surface area contributed by atoms with E-state index < -0.39 is 0 Å². The first kappa shape index (κ1) is 12.5. The van der Waals surface area contributed by atoms with Crippen LogP contribution in [-0.4, -0.2) is 17.0 Å². The van der Waals surface area contributed by atoms with Crippen LogP contribution in [0.2, 0.25) is 0 Å². The Morgan fingerprint density at radius 2 is 1.80 bits per heavy atom.